The molecule has 1 N–H and O–H groups in total. The van der Waals surface area contributed by atoms with E-state index in [0.717, 1.165) is 53.7 Å². The Morgan fingerprint density at radius 2 is 1.77 bits per heavy atom. The highest BCUT2D eigenvalue weighted by atomic mass is 19.4. The summed E-state index contributed by atoms with van der Waals surface area (Å²) in [5.41, 5.74) is 3.70. The zero-order valence-corrected chi connectivity index (χ0v) is 22.8. The smallest absolute Gasteiger partial charge is 0.487 e. The molecule has 1 unspecified atom stereocenters. The van der Waals surface area contributed by atoms with Crippen LogP contribution in [0.4, 0.5) is 13.2 Å². The van der Waals surface area contributed by atoms with E-state index in [4.69, 9.17) is 9.15 Å². The summed E-state index contributed by atoms with van der Waals surface area (Å²) < 4.78 is 55.9. The van der Waals surface area contributed by atoms with Crippen molar-refractivity contribution in [3.63, 3.8) is 0 Å². The zero-order chi connectivity index (χ0) is 28.7. The standard InChI is InChI=1S/C31H34F3NO5/c1-19(20(2)29(36)37)23-5-4-22-8-10-30(39-28(22)17-23)11-13-35(14-12-30)21(3)26-16-24(25-9-15-38-18-25)6-7-27(26)40-31(32,33)34/h4-7,9,15-21H,8,10-14H2,1-3H3,(H,36,37)/t19-,20+,21?/m1/s1. The minimum Gasteiger partial charge on any atom is -0.487 e. The molecule has 3 atom stereocenters. The molecule has 214 valence electrons. The molecule has 2 aliphatic heterocycles. The third kappa shape index (κ3) is 5.84. The number of carbonyl (C=O) groups is 1. The fourth-order valence-electron chi connectivity index (χ4n) is 5.87. The van der Waals surface area contributed by atoms with Crippen LogP contribution >= 0.6 is 0 Å². The maximum atomic E-state index is 13.2. The normalized spacial score (nSPS) is 19.4. The van der Waals surface area contributed by atoms with Gasteiger partial charge in [0.25, 0.3) is 0 Å². The van der Waals surface area contributed by atoms with E-state index in [0.29, 0.717) is 18.7 Å². The van der Waals surface area contributed by atoms with Crippen LogP contribution in [0.15, 0.2) is 59.4 Å². The maximum Gasteiger partial charge on any atom is 0.573 e. The fraction of sp³-hybridized carbons (Fsp3) is 0.452. The van der Waals surface area contributed by atoms with E-state index in [9.17, 15) is 23.1 Å². The van der Waals surface area contributed by atoms with Gasteiger partial charge in [-0.1, -0.05) is 32.0 Å². The Balaban J connectivity index is 1.32. The molecule has 0 bridgehead atoms. The molecule has 1 spiro atoms. The van der Waals surface area contributed by atoms with Crippen LogP contribution in [0.3, 0.4) is 0 Å². The summed E-state index contributed by atoms with van der Waals surface area (Å²) in [7, 11) is 0. The number of carboxylic acid groups (broad SMARTS) is 1. The maximum absolute atomic E-state index is 13.2. The third-order valence-corrected chi connectivity index (χ3v) is 8.73. The number of ether oxygens (including phenoxy) is 2. The third-order valence-electron chi connectivity index (χ3n) is 8.73. The van der Waals surface area contributed by atoms with Gasteiger partial charge in [-0.15, -0.1) is 13.2 Å². The fourth-order valence-corrected chi connectivity index (χ4v) is 5.87. The van der Waals surface area contributed by atoms with Crippen LogP contribution in [0.2, 0.25) is 0 Å². The number of furan rings is 1. The predicted molar refractivity (Wildman–Crippen MR) is 143 cm³/mol. The van der Waals surface area contributed by atoms with E-state index in [1.165, 1.54) is 12.3 Å². The summed E-state index contributed by atoms with van der Waals surface area (Å²) >= 11 is 0. The molecule has 1 saturated heterocycles. The SMILES string of the molecule is CC(c1cc(-c2ccoc2)ccc1OC(F)(F)F)N1CCC2(CCc3ccc([C@H](C)[C@H](C)C(=O)O)cc3O2)CC1. The number of aliphatic carboxylic acids is 1. The second-order valence-corrected chi connectivity index (χ2v) is 11.1. The van der Waals surface area contributed by atoms with Gasteiger partial charge in [0.05, 0.1) is 18.4 Å². The van der Waals surface area contributed by atoms with E-state index in [2.05, 4.69) is 9.64 Å². The highest BCUT2D eigenvalue weighted by Crippen LogP contribution is 2.43. The summed E-state index contributed by atoms with van der Waals surface area (Å²) in [5.74, 6) is -0.893. The monoisotopic (exact) mass is 557 g/mol. The number of benzene rings is 2. The molecule has 40 heavy (non-hydrogen) atoms. The molecule has 9 heteroatoms. The number of likely N-dealkylation sites (tertiary alicyclic amines) is 1. The number of aryl methyl sites for hydroxylation is 1. The molecule has 6 nitrogen and oxygen atoms in total. The second kappa shape index (κ2) is 10.8. The van der Waals surface area contributed by atoms with Gasteiger partial charge in [0, 0.05) is 30.3 Å². The Hall–Kier alpha value is -3.46. The van der Waals surface area contributed by atoms with Crippen LogP contribution in [-0.2, 0) is 11.2 Å². The first-order chi connectivity index (χ1) is 18.9. The van der Waals surface area contributed by atoms with Crippen LogP contribution in [0.25, 0.3) is 11.1 Å². The summed E-state index contributed by atoms with van der Waals surface area (Å²) in [6.45, 7) is 6.84. The number of fused-ring (bicyclic) bond motifs is 1. The van der Waals surface area contributed by atoms with E-state index in [1.807, 2.05) is 32.0 Å². The Bertz CT molecular complexity index is 1350. The number of rotatable bonds is 7. The Labute approximate surface area is 231 Å². The van der Waals surface area contributed by atoms with Gasteiger partial charge >= 0.3 is 12.3 Å². The zero-order valence-electron chi connectivity index (χ0n) is 22.8. The molecule has 0 amide bonds. The van der Waals surface area contributed by atoms with E-state index in [-0.39, 0.29) is 23.3 Å². The number of hydrogen-bond acceptors (Lipinski definition) is 5. The molecule has 3 heterocycles. The van der Waals surface area contributed by atoms with Crippen molar-refractivity contribution in [2.24, 2.45) is 5.92 Å². The van der Waals surface area contributed by atoms with Gasteiger partial charge in [0.2, 0.25) is 0 Å². The molecule has 1 aromatic heterocycles. The molecule has 0 radical (unpaired) electrons. The second-order valence-electron chi connectivity index (χ2n) is 11.1. The largest absolute Gasteiger partial charge is 0.573 e. The highest BCUT2D eigenvalue weighted by Gasteiger charge is 2.41. The lowest BCUT2D eigenvalue weighted by Gasteiger charge is -2.46. The first-order valence-electron chi connectivity index (χ1n) is 13.7. The average molecular weight is 558 g/mol. The predicted octanol–water partition coefficient (Wildman–Crippen LogP) is 7.59. The van der Waals surface area contributed by atoms with Gasteiger partial charge in [-0.2, -0.15) is 0 Å². The molecule has 0 saturated carbocycles. The summed E-state index contributed by atoms with van der Waals surface area (Å²) in [4.78, 5) is 13.7. The van der Waals surface area contributed by atoms with E-state index < -0.39 is 18.2 Å². The molecule has 3 aromatic rings. The average Bonchev–Trinajstić information content (AvgIpc) is 3.46. The molecule has 1 fully saturated rings. The number of halogens is 3. The van der Waals surface area contributed by atoms with Gasteiger partial charge in [0.1, 0.15) is 17.1 Å². The van der Waals surface area contributed by atoms with Crippen LogP contribution in [0.5, 0.6) is 11.5 Å². The van der Waals surface area contributed by atoms with Crippen molar-refractivity contribution in [3.05, 3.63) is 71.7 Å². The van der Waals surface area contributed by atoms with E-state index in [1.54, 1.807) is 31.4 Å². The van der Waals surface area contributed by atoms with Crippen molar-refractivity contribution in [3.8, 4) is 22.6 Å². The number of alkyl halides is 3. The van der Waals surface area contributed by atoms with Gasteiger partial charge in [-0.05, 0) is 79.5 Å². The van der Waals surface area contributed by atoms with Crippen molar-refractivity contribution in [1.29, 1.82) is 0 Å². The van der Waals surface area contributed by atoms with Crippen LogP contribution < -0.4 is 9.47 Å². The summed E-state index contributed by atoms with van der Waals surface area (Å²) in [5, 5.41) is 9.44. The number of carboxylic acids is 1. The van der Waals surface area contributed by atoms with Crippen LogP contribution in [0, 0.1) is 5.92 Å². The lowest BCUT2D eigenvalue weighted by molar-refractivity contribution is -0.275. The van der Waals surface area contributed by atoms with Crippen LogP contribution in [-0.4, -0.2) is 41.0 Å². The van der Waals surface area contributed by atoms with Gasteiger partial charge < -0.3 is 19.0 Å². The molecule has 5 rings (SSSR count). The van der Waals surface area contributed by atoms with Crippen LogP contribution in [0.1, 0.15) is 68.7 Å². The minimum atomic E-state index is -4.79. The number of hydrogen-bond donors (Lipinski definition) is 1. The minimum absolute atomic E-state index is 0.155. The van der Waals surface area contributed by atoms with Crippen molar-refractivity contribution in [2.75, 3.05) is 13.1 Å². The van der Waals surface area contributed by atoms with Crippen molar-refractivity contribution in [2.45, 2.75) is 70.4 Å². The first-order valence-corrected chi connectivity index (χ1v) is 13.7. The van der Waals surface area contributed by atoms with E-state index >= 15 is 0 Å². The first kappa shape index (κ1) is 28.1. The molecular formula is C31H34F3NO5. The number of nitrogens with zero attached hydrogens (tertiary/aromatic N) is 1. The highest BCUT2D eigenvalue weighted by molar-refractivity contribution is 5.71. The quantitative estimate of drug-likeness (QED) is 0.323. The van der Waals surface area contributed by atoms with Gasteiger partial charge in [-0.3, -0.25) is 9.69 Å². The topological polar surface area (TPSA) is 72.1 Å². The van der Waals surface area contributed by atoms with Crippen molar-refractivity contribution < 1.29 is 37.0 Å². The molecule has 0 aliphatic carbocycles. The van der Waals surface area contributed by atoms with Crippen molar-refractivity contribution >= 4 is 5.97 Å². The van der Waals surface area contributed by atoms with Gasteiger partial charge in [-0.25, -0.2) is 0 Å². The lowest BCUT2D eigenvalue weighted by atomic mass is 9.81. The molecular weight excluding hydrogens is 523 g/mol. The Morgan fingerprint density at radius 1 is 1.02 bits per heavy atom. The Morgan fingerprint density at radius 3 is 2.42 bits per heavy atom. The molecule has 2 aliphatic rings. The lowest BCUT2D eigenvalue weighted by Crippen LogP contribution is -2.50. The Kier molecular flexibility index (Phi) is 7.61. The van der Waals surface area contributed by atoms with Crippen molar-refractivity contribution in [1.82, 2.24) is 4.90 Å². The molecule has 2 aromatic carbocycles. The number of piperidine rings is 1. The van der Waals surface area contributed by atoms with Gasteiger partial charge in [0.15, 0.2) is 0 Å². The summed E-state index contributed by atoms with van der Waals surface area (Å²) in [6, 6.07) is 12.2. The summed E-state index contributed by atoms with van der Waals surface area (Å²) in [6.07, 6.45) is 1.50.